The smallest absolute Gasteiger partial charge is 0.406 e. The number of carbonyl (C=O) groups is 1. The van der Waals surface area contributed by atoms with Gasteiger partial charge in [0.2, 0.25) is 0 Å². The highest BCUT2D eigenvalue weighted by molar-refractivity contribution is 5.97. The maximum atomic E-state index is 14.5. The van der Waals surface area contributed by atoms with Crippen molar-refractivity contribution in [1.82, 2.24) is 24.5 Å². The summed E-state index contributed by atoms with van der Waals surface area (Å²) in [5, 5.41) is 8.20. The van der Waals surface area contributed by atoms with Crippen molar-refractivity contribution in [2.75, 3.05) is 18.6 Å². The lowest BCUT2D eigenvalue weighted by Crippen LogP contribution is -2.42. The summed E-state index contributed by atoms with van der Waals surface area (Å²) in [7, 11) is 1.53. The summed E-state index contributed by atoms with van der Waals surface area (Å²) in [6, 6.07) is 8.06. The molecule has 0 N–H and O–H groups in total. The number of aromatic nitrogens is 5. The first-order valence-electron chi connectivity index (χ1n) is 11.4. The van der Waals surface area contributed by atoms with E-state index in [1.54, 1.807) is 24.5 Å². The number of halogens is 4. The molecule has 1 unspecified atom stereocenters. The first-order chi connectivity index (χ1) is 17.7. The second-order valence-corrected chi connectivity index (χ2v) is 8.65. The van der Waals surface area contributed by atoms with Gasteiger partial charge in [-0.05, 0) is 44.0 Å². The van der Waals surface area contributed by atoms with Crippen molar-refractivity contribution in [3.63, 3.8) is 0 Å². The molecule has 0 bridgehead atoms. The molecule has 0 saturated carbocycles. The van der Waals surface area contributed by atoms with Crippen LogP contribution in [-0.4, -0.2) is 50.3 Å². The molecule has 2 aromatic carbocycles. The highest BCUT2D eigenvalue weighted by Crippen LogP contribution is 2.36. The Balaban J connectivity index is 1.48. The molecule has 1 amide bonds. The lowest BCUT2D eigenvalue weighted by atomic mass is 10.1. The van der Waals surface area contributed by atoms with Gasteiger partial charge in [-0.1, -0.05) is 17.3 Å². The van der Waals surface area contributed by atoms with E-state index in [0.717, 1.165) is 11.5 Å². The van der Waals surface area contributed by atoms with E-state index < -0.39 is 30.5 Å². The number of hydrogen-bond acceptors (Lipinski definition) is 5. The number of hydrogen-bond donors (Lipinski definition) is 0. The molecule has 0 fully saturated rings. The van der Waals surface area contributed by atoms with Crippen LogP contribution in [0.3, 0.4) is 0 Å². The first-order valence-corrected chi connectivity index (χ1v) is 11.4. The van der Waals surface area contributed by atoms with Crippen LogP contribution in [0, 0.1) is 12.7 Å². The number of anilines is 1. The summed E-state index contributed by atoms with van der Waals surface area (Å²) in [4.78, 5) is 18.1. The van der Waals surface area contributed by atoms with Gasteiger partial charge in [0.15, 0.2) is 0 Å². The number of fused-ring (bicyclic) bond motifs is 1. The second kappa shape index (κ2) is 9.34. The Bertz CT molecular complexity index is 1460. The fourth-order valence-electron chi connectivity index (χ4n) is 4.57. The van der Waals surface area contributed by atoms with Crippen LogP contribution in [0.15, 0.2) is 55.0 Å². The number of amides is 1. The van der Waals surface area contributed by atoms with Crippen molar-refractivity contribution in [1.29, 1.82) is 0 Å². The lowest BCUT2D eigenvalue weighted by Gasteiger charge is -2.26. The monoisotopic (exact) mass is 514 g/mol. The molecule has 1 atom stereocenters. The molecular formula is C25H22F4N6O2. The minimum absolute atomic E-state index is 0.0616. The molecule has 3 heterocycles. The fraction of sp³-hybridized carbons (Fsp3) is 0.280. The van der Waals surface area contributed by atoms with Gasteiger partial charge >= 0.3 is 6.18 Å². The Kier molecular flexibility index (Phi) is 6.18. The van der Waals surface area contributed by atoms with Gasteiger partial charge in [0, 0.05) is 23.5 Å². The van der Waals surface area contributed by atoms with Gasteiger partial charge < -0.3 is 14.2 Å². The van der Waals surface area contributed by atoms with Crippen LogP contribution in [-0.2, 0) is 11.2 Å². The third-order valence-electron chi connectivity index (χ3n) is 6.33. The summed E-state index contributed by atoms with van der Waals surface area (Å²) in [5.74, 6) is -0.176. The zero-order valence-electron chi connectivity index (χ0n) is 19.9. The number of aryl methyl sites for hydroxylation is 1. The molecule has 12 heteroatoms. The molecule has 1 aliphatic rings. The molecule has 8 nitrogen and oxygen atoms in total. The standard InChI is InChI=1S/C25H22F4N6O2/c1-15-30-10-11-33(15)21-8-6-16(12-23(21)37-2)19-13-35(32-31-19)22-9-7-17-18(26)4-3-5-20(17)34(24(22)36)14-25(27,28)29/h3-6,8,10-13,22H,7,9,14H2,1-2H3. The average molecular weight is 514 g/mol. The Morgan fingerprint density at radius 2 is 1.97 bits per heavy atom. The number of rotatable bonds is 5. The SMILES string of the molecule is COc1cc(-c2cn(C3CCc4c(F)cccc4N(CC(F)(F)F)C3=O)nn2)ccc1-n1ccnc1C. The molecule has 4 aromatic rings. The molecule has 192 valence electrons. The number of benzene rings is 2. The van der Waals surface area contributed by atoms with Gasteiger partial charge in [0.25, 0.3) is 5.91 Å². The normalized spacial score (nSPS) is 16.0. The summed E-state index contributed by atoms with van der Waals surface area (Å²) < 4.78 is 63.3. The Morgan fingerprint density at radius 1 is 1.16 bits per heavy atom. The van der Waals surface area contributed by atoms with E-state index in [1.807, 2.05) is 17.6 Å². The van der Waals surface area contributed by atoms with Gasteiger partial charge in [0.1, 0.15) is 35.7 Å². The number of carbonyl (C=O) groups excluding carboxylic acids is 1. The number of methoxy groups -OCH3 is 1. The van der Waals surface area contributed by atoms with Gasteiger partial charge in [0.05, 0.1) is 24.7 Å². The van der Waals surface area contributed by atoms with E-state index in [2.05, 4.69) is 15.3 Å². The van der Waals surface area contributed by atoms with Gasteiger partial charge in [-0.15, -0.1) is 5.10 Å². The van der Waals surface area contributed by atoms with Crippen LogP contribution < -0.4 is 9.64 Å². The summed E-state index contributed by atoms with van der Waals surface area (Å²) in [6.07, 6.45) is 0.421. The van der Waals surface area contributed by atoms with Crippen molar-refractivity contribution in [2.45, 2.75) is 32.0 Å². The average Bonchev–Trinajstić information content (AvgIpc) is 3.49. The summed E-state index contributed by atoms with van der Waals surface area (Å²) >= 11 is 0. The Labute approximate surface area is 209 Å². The minimum Gasteiger partial charge on any atom is -0.495 e. The predicted octanol–water partition coefficient (Wildman–Crippen LogP) is 4.67. The third-order valence-corrected chi connectivity index (χ3v) is 6.33. The van der Waals surface area contributed by atoms with Crippen LogP contribution in [0.2, 0.25) is 0 Å². The molecule has 0 aliphatic carbocycles. The van der Waals surface area contributed by atoms with Crippen molar-refractivity contribution < 1.29 is 27.1 Å². The number of nitrogens with zero attached hydrogens (tertiary/aromatic N) is 6. The van der Waals surface area contributed by atoms with Crippen LogP contribution in [0.5, 0.6) is 5.75 Å². The lowest BCUT2D eigenvalue weighted by molar-refractivity contribution is -0.134. The highest BCUT2D eigenvalue weighted by Gasteiger charge is 2.40. The van der Waals surface area contributed by atoms with E-state index >= 15 is 0 Å². The Hall–Kier alpha value is -4.22. The zero-order valence-corrected chi connectivity index (χ0v) is 19.9. The van der Waals surface area contributed by atoms with E-state index in [4.69, 9.17) is 4.74 Å². The molecular weight excluding hydrogens is 492 g/mol. The Morgan fingerprint density at radius 3 is 2.68 bits per heavy atom. The third kappa shape index (κ3) is 4.66. The fourth-order valence-corrected chi connectivity index (χ4v) is 4.57. The maximum absolute atomic E-state index is 14.5. The number of alkyl halides is 3. The summed E-state index contributed by atoms with van der Waals surface area (Å²) in [5.41, 5.74) is 1.77. The van der Waals surface area contributed by atoms with Gasteiger partial charge in [-0.25, -0.2) is 14.1 Å². The van der Waals surface area contributed by atoms with Crippen LogP contribution in [0.4, 0.5) is 23.2 Å². The van der Waals surface area contributed by atoms with Crippen molar-refractivity contribution >= 4 is 11.6 Å². The number of ether oxygens (including phenoxy) is 1. The van der Waals surface area contributed by atoms with E-state index in [9.17, 15) is 22.4 Å². The largest absolute Gasteiger partial charge is 0.495 e. The van der Waals surface area contributed by atoms with Gasteiger partial charge in [-0.3, -0.25) is 4.79 Å². The number of imidazole rings is 1. The van der Waals surface area contributed by atoms with E-state index in [-0.39, 0.29) is 24.1 Å². The zero-order chi connectivity index (χ0) is 26.3. The van der Waals surface area contributed by atoms with Gasteiger partial charge in [-0.2, -0.15) is 13.2 Å². The predicted molar refractivity (Wildman–Crippen MR) is 126 cm³/mol. The molecule has 0 saturated heterocycles. The molecule has 0 radical (unpaired) electrons. The van der Waals surface area contributed by atoms with E-state index in [0.29, 0.717) is 21.9 Å². The minimum atomic E-state index is -4.67. The quantitative estimate of drug-likeness (QED) is 0.362. The molecule has 0 spiro atoms. The highest BCUT2D eigenvalue weighted by atomic mass is 19.4. The van der Waals surface area contributed by atoms with Crippen LogP contribution in [0.1, 0.15) is 23.9 Å². The summed E-state index contributed by atoms with van der Waals surface area (Å²) in [6.45, 7) is 0.321. The van der Waals surface area contributed by atoms with Crippen LogP contribution in [0.25, 0.3) is 16.9 Å². The van der Waals surface area contributed by atoms with Crippen molar-refractivity contribution in [3.8, 4) is 22.7 Å². The van der Waals surface area contributed by atoms with E-state index in [1.165, 1.54) is 36.2 Å². The molecule has 1 aliphatic heterocycles. The maximum Gasteiger partial charge on any atom is 0.406 e. The molecule has 5 rings (SSSR count). The first kappa shape index (κ1) is 24.5. The van der Waals surface area contributed by atoms with Crippen LogP contribution >= 0.6 is 0 Å². The molecule has 2 aromatic heterocycles. The second-order valence-electron chi connectivity index (χ2n) is 8.65. The van der Waals surface area contributed by atoms with Crippen molar-refractivity contribution in [3.05, 3.63) is 72.2 Å². The van der Waals surface area contributed by atoms with Crippen molar-refractivity contribution in [2.24, 2.45) is 0 Å². The molecule has 37 heavy (non-hydrogen) atoms. The topological polar surface area (TPSA) is 78.1 Å².